The molecule has 140 valence electrons. The van der Waals surface area contributed by atoms with Crippen molar-refractivity contribution in [2.75, 3.05) is 11.9 Å². The van der Waals surface area contributed by atoms with Crippen LogP contribution in [0, 0.1) is 0 Å². The van der Waals surface area contributed by atoms with Crippen molar-refractivity contribution in [3.63, 3.8) is 0 Å². The quantitative estimate of drug-likeness (QED) is 0.396. The van der Waals surface area contributed by atoms with Gasteiger partial charge in [-0.15, -0.1) is 0 Å². The van der Waals surface area contributed by atoms with E-state index in [0.29, 0.717) is 28.3 Å². The normalized spacial score (nSPS) is 10.8. The van der Waals surface area contributed by atoms with E-state index < -0.39 is 0 Å². The van der Waals surface area contributed by atoms with Gasteiger partial charge in [0, 0.05) is 16.0 Å². The molecule has 0 atom stereocenters. The topological polar surface area (TPSA) is 47.0 Å². The second-order valence-electron chi connectivity index (χ2n) is 6.09. The average molecular weight is 410 g/mol. The van der Waals surface area contributed by atoms with Gasteiger partial charge in [-0.2, -0.15) is 0 Å². The van der Waals surface area contributed by atoms with Crippen molar-refractivity contribution in [3.8, 4) is 17.1 Å². The van der Waals surface area contributed by atoms with Crippen LogP contribution in [-0.2, 0) is 0 Å². The molecule has 1 heterocycles. The van der Waals surface area contributed by atoms with Gasteiger partial charge in [-0.25, -0.2) is 9.97 Å². The lowest BCUT2D eigenvalue weighted by Gasteiger charge is -2.14. The zero-order valence-corrected chi connectivity index (χ0v) is 16.6. The zero-order valence-electron chi connectivity index (χ0n) is 15.1. The number of halogens is 2. The molecule has 3 aromatic carbocycles. The first-order valence-corrected chi connectivity index (χ1v) is 9.62. The Hall–Kier alpha value is -2.82. The molecule has 6 heteroatoms. The summed E-state index contributed by atoms with van der Waals surface area (Å²) in [4.78, 5) is 9.44. The number of ether oxygens (including phenoxy) is 1. The Morgan fingerprint density at radius 1 is 0.929 bits per heavy atom. The Balaban J connectivity index is 1.86. The van der Waals surface area contributed by atoms with Crippen molar-refractivity contribution in [1.29, 1.82) is 0 Å². The van der Waals surface area contributed by atoms with Gasteiger partial charge in [0.15, 0.2) is 5.82 Å². The van der Waals surface area contributed by atoms with Crippen molar-refractivity contribution >= 4 is 45.6 Å². The van der Waals surface area contributed by atoms with E-state index in [9.17, 15) is 0 Å². The van der Waals surface area contributed by atoms with Crippen LogP contribution in [0.2, 0.25) is 10.0 Å². The third-order valence-corrected chi connectivity index (χ3v) is 4.76. The highest BCUT2D eigenvalue weighted by atomic mass is 35.5. The molecule has 28 heavy (non-hydrogen) atoms. The maximum absolute atomic E-state index is 6.39. The van der Waals surface area contributed by atoms with Crippen molar-refractivity contribution in [2.24, 2.45) is 0 Å². The summed E-state index contributed by atoms with van der Waals surface area (Å²) in [6, 6.07) is 20.9. The van der Waals surface area contributed by atoms with Gasteiger partial charge in [0.25, 0.3) is 0 Å². The number of benzene rings is 3. The number of hydrogen-bond acceptors (Lipinski definition) is 4. The van der Waals surface area contributed by atoms with Gasteiger partial charge >= 0.3 is 0 Å². The molecule has 0 bridgehead atoms. The molecule has 0 aliphatic heterocycles. The fraction of sp³-hybridized carbons (Fsp3) is 0.0909. The summed E-state index contributed by atoms with van der Waals surface area (Å²) in [6.45, 7) is 2.53. The van der Waals surface area contributed by atoms with E-state index in [-0.39, 0.29) is 0 Å². The van der Waals surface area contributed by atoms with Crippen LogP contribution in [0.3, 0.4) is 0 Å². The van der Waals surface area contributed by atoms with E-state index in [1.54, 1.807) is 12.1 Å². The number of rotatable bonds is 5. The van der Waals surface area contributed by atoms with E-state index in [2.05, 4.69) is 10.3 Å². The lowest BCUT2D eigenvalue weighted by molar-refractivity contribution is 0.342. The lowest BCUT2D eigenvalue weighted by atomic mass is 10.1. The van der Waals surface area contributed by atoms with Crippen LogP contribution in [-0.4, -0.2) is 16.6 Å². The first-order chi connectivity index (χ1) is 13.7. The molecule has 1 aromatic heterocycles. The maximum atomic E-state index is 6.39. The molecule has 1 N–H and O–H groups in total. The van der Waals surface area contributed by atoms with Gasteiger partial charge in [0.05, 0.1) is 22.8 Å². The highest BCUT2D eigenvalue weighted by Crippen LogP contribution is 2.34. The van der Waals surface area contributed by atoms with Crippen LogP contribution in [0.25, 0.3) is 22.3 Å². The third-order valence-electron chi connectivity index (χ3n) is 4.22. The molecule has 0 amide bonds. The Morgan fingerprint density at radius 2 is 1.71 bits per heavy atom. The maximum Gasteiger partial charge on any atom is 0.163 e. The van der Waals surface area contributed by atoms with E-state index in [1.807, 2.05) is 61.5 Å². The number of para-hydroxylation sites is 3. The van der Waals surface area contributed by atoms with Crippen molar-refractivity contribution in [2.45, 2.75) is 6.92 Å². The molecule has 0 aliphatic carbocycles. The Kier molecular flexibility index (Phi) is 5.33. The summed E-state index contributed by atoms with van der Waals surface area (Å²) in [5.74, 6) is 1.97. The number of nitrogens with zero attached hydrogens (tertiary/aromatic N) is 2. The number of aromatic nitrogens is 2. The molecule has 4 nitrogen and oxygen atoms in total. The molecule has 0 unspecified atom stereocenters. The molecule has 0 radical (unpaired) electrons. The highest BCUT2D eigenvalue weighted by molar-refractivity contribution is 6.36. The van der Waals surface area contributed by atoms with Gasteiger partial charge in [-0.05, 0) is 49.4 Å². The van der Waals surface area contributed by atoms with Crippen LogP contribution >= 0.6 is 23.2 Å². The standard InChI is InChI=1S/C22H17Cl2N3O/c1-2-28-20-10-6-5-9-19(20)26-22-16-7-3-4-8-18(16)25-21(27-22)15-12-11-14(23)13-17(15)24/h3-13H,2H2,1H3,(H,25,26,27). The summed E-state index contributed by atoms with van der Waals surface area (Å²) in [7, 11) is 0. The highest BCUT2D eigenvalue weighted by Gasteiger charge is 2.13. The molecule has 4 rings (SSSR count). The molecule has 4 aromatic rings. The predicted molar refractivity (Wildman–Crippen MR) is 116 cm³/mol. The Morgan fingerprint density at radius 3 is 2.54 bits per heavy atom. The van der Waals surface area contributed by atoms with Crippen LogP contribution in [0.4, 0.5) is 11.5 Å². The largest absolute Gasteiger partial charge is 0.492 e. The van der Waals surface area contributed by atoms with Crippen molar-refractivity contribution in [1.82, 2.24) is 9.97 Å². The monoisotopic (exact) mass is 409 g/mol. The van der Waals surface area contributed by atoms with Crippen LogP contribution in [0.15, 0.2) is 66.7 Å². The number of fused-ring (bicyclic) bond motifs is 1. The first kappa shape index (κ1) is 18.5. The first-order valence-electron chi connectivity index (χ1n) is 8.87. The van der Waals surface area contributed by atoms with Gasteiger partial charge in [0.1, 0.15) is 11.6 Å². The zero-order chi connectivity index (χ0) is 19.5. The second-order valence-corrected chi connectivity index (χ2v) is 6.93. The van der Waals surface area contributed by atoms with Crippen molar-refractivity contribution in [3.05, 3.63) is 76.8 Å². The third kappa shape index (κ3) is 3.75. The fourth-order valence-electron chi connectivity index (χ4n) is 2.94. The molecule has 0 fully saturated rings. The summed E-state index contributed by atoms with van der Waals surface area (Å²) in [5, 5.41) is 5.37. The van der Waals surface area contributed by atoms with Gasteiger partial charge < -0.3 is 10.1 Å². The molecule has 0 spiro atoms. The SMILES string of the molecule is CCOc1ccccc1Nc1nc(-c2ccc(Cl)cc2Cl)nc2ccccc12. The number of anilines is 2. The minimum Gasteiger partial charge on any atom is -0.492 e. The van der Waals surface area contributed by atoms with Crippen LogP contribution < -0.4 is 10.1 Å². The van der Waals surface area contributed by atoms with E-state index >= 15 is 0 Å². The fourth-order valence-corrected chi connectivity index (χ4v) is 3.44. The molecular weight excluding hydrogens is 393 g/mol. The minimum absolute atomic E-state index is 0.503. The summed E-state index contributed by atoms with van der Waals surface area (Å²) in [5.41, 5.74) is 2.37. The average Bonchev–Trinajstić information content (AvgIpc) is 2.69. The number of nitrogens with one attached hydrogen (secondary N) is 1. The van der Waals surface area contributed by atoms with Gasteiger partial charge in [0.2, 0.25) is 0 Å². The summed E-state index contributed by atoms with van der Waals surface area (Å²) >= 11 is 12.4. The molecular formula is C22H17Cl2N3O. The Bertz CT molecular complexity index is 1150. The molecule has 0 aliphatic rings. The van der Waals surface area contributed by atoms with E-state index in [0.717, 1.165) is 27.9 Å². The minimum atomic E-state index is 0.503. The second kappa shape index (κ2) is 8.05. The molecule has 0 saturated carbocycles. The van der Waals surface area contributed by atoms with Gasteiger partial charge in [-0.1, -0.05) is 47.5 Å². The molecule has 0 saturated heterocycles. The predicted octanol–water partition coefficient (Wildman–Crippen LogP) is 6.75. The van der Waals surface area contributed by atoms with Crippen LogP contribution in [0.5, 0.6) is 5.75 Å². The Labute approximate surface area is 173 Å². The van der Waals surface area contributed by atoms with Crippen LogP contribution in [0.1, 0.15) is 6.92 Å². The number of hydrogen-bond donors (Lipinski definition) is 1. The van der Waals surface area contributed by atoms with Gasteiger partial charge in [-0.3, -0.25) is 0 Å². The summed E-state index contributed by atoms with van der Waals surface area (Å²) < 4.78 is 5.73. The van der Waals surface area contributed by atoms with E-state index in [1.165, 1.54) is 0 Å². The summed E-state index contributed by atoms with van der Waals surface area (Å²) in [6.07, 6.45) is 0. The van der Waals surface area contributed by atoms with Crippen molar-refractivity contribution < 1.29 is 4.74 Å². The lowest BCUT2D eigenvalue weighted by Crippen LogP contribution is -2.02. The smallest absolute Gasteiger partial charge is 0.163 e. The van der Waals surface area contributed by atoms with E-state index in [4.69, 9.17) is 32.9 Å².